The number of benzene rings is 1. The van der Waals surface area contributed by atoms with Gasteiger partial charge in [0.05, 0.1) is 18.2 Å². The van der Waals surface area contributed by atoms with Crippen molar-refractivity contribution in [2.75, 3.05) is 19.8 Å². The lowest BCUT2D eigenvalue weighted by Gasteiger charge is -2.25. The molecule has 1 aromatic rings. The second-order valence-electron chi connectivity index (χ2n) is 5.67. The molecule has 1 aliphatic heterocycles. The Morgan fingerprint density at radius 1 is 1.30 bits per heavy atom. The Balaban J connectivity index is 2.10. The van der Waals surface area contributed by atoms with Crippen LogP contribution in [-0.4, -0.2) is 30.5 Å². The van der Waals surface area contributed by atoms with Gasteiger partial charge in [0.2, 0.25) is 0 Å². The van der Waals surface area contributed by atoms with Crippen LogP contribution < -0.4 is 14.8 Å². The molecular weight excluding hydrogens is 278 g/mol. The van der Waals surface area contributed by atoms with Gasteiger partial charge >= 0.3 is 0 Å². The Bertz CT molecular complexity index is 463. The largest absolute Gasteiger partial charge is 0.489 e. The maximum atomic E-state index is 9.03. The molecule has 0 aromatic heterocycles. The summed E-state index contributed by atoms with van der Waals surface area (Å²) >= 11 is 6.26. The summed E-state index contributed by atoms with van der Waals surface area (Å²) in [5, 5.41) is 13.0. The summed E-state index contributed by atoms with van der Waals surface area (Å²) in [5.41, 5.74) is 0.927. The van der Waals surface area contributed by atoms with E-state index in [0.29, 0.717) is 42.7 Å². The fourth-order valence-corrected chi connectivity index (χ4v) is 2.38. The van der Waals surface area contributed by atoms with Crippen molar-refractivity contribution in [1.29, 1.82) is 0 Å². The average Bonchev–Trinajstić information content (AvgIpc) is 2.62. The average molecular weight is 300 g/mol. The molecule has 0 saturated carbocycles. The van der Waals surface area contributed by atoms with Gasteiger partial charge in [-0.1, -0.05) is 11.6 Å². The maximum Gasteiger partial charge on any atom is 0.179 e. The molecule has 2 rings (SSSR count). The van der Waals surface area contributed by atoms with Crippen LogP contribution in [0.15, 0.2) is 12.1 Å². The number of ether oxygens (including phenoxy) is 2. The lowest BCUT2D eigenvalue weighted by Crippen LogP contribution is -2.39. The second-order valence-corrected chi connectivity index (χ2v) is 6.07. The monoisotopic (exact) mass is 299 g/mol. The van der Waals surface area contributed by atoms with Gasteiger partial charge in [0, 0.05) is 25.1 Å². The number of hydrogen-bond donors (Lipinski definition) is 2. The van der Waals surface area contributed by atoms with Crippen LogP contribution in [0, 0.1) is 0 Å². The van der Waals surface area contributed by atoms with Gasteiger partial charge in [0.1, 0.15) is 0 Å². The molecule has 1 heterocycles. The molecule has 0 bridgehead atoms. The normalized spacial score (nSPS) is 15.0. The summed E-state index contributed by atoms with van der Waals surface area (Å²) in [7, 11) is 0. The Labute approximate surface area is 125 Å². The molecule has 0 radical (unpaired) electrons. The third-order valence-electron chi connectivity index (χ3n) is 3.37. The lowest BCUT2D eigenvalue weighted by molar-refractivity contribution is 0.230. The van der Waals surface area contributed by atoms with Gasteiger partial charge in [-0.05, 0) is 38.0 Å². The number of rotatable bonds is 5. The van der Waals surface area contributed by atoms with Crippen molar-refractivity contribution < 1.29 is 14.6 Å². The van der Waals surface area contributed by atoms with Crippen LogP contribution in [0.4, 0.5) is 0 Å². The molecule has 0 fully saturated rings. The summed E-state index contributed by atoms with van der Waals surface area (Å²) < 4.78 is 11.3. The summed E-state index contributed by atoms with van der Waals surface area (Å²) in [6.07, 6.45) is 1.56. The number of nitrogens with one attached hydrogen (secondary N) is 1. The molecule has 0 spiro atoms. The lowest BCUT2D eigenvalue weighted by atomic mass is 10.0. The van der Waals surface area contributed by atoms with E-state index in [0.717, 1.165) is 12.0 Å². The predicted molar refractivity (Wildman–Crippen MR) is 79.7 cm³/mol. The SMILES string of the molecule is CC(C)(CCO)NCc1cc(Cl)c2c(c1)OCCCO2. The van der Waals surface area contributed by atoms with Crippen LogP contribution in [0.5, 0.6) is 11.5 Å². The van der Waals surface area contributed by atoms with Gasteiger partial charge in [0.15, 0.2) is 11.5 Å². The summed E-state index contributed by atoms with van der Waals surface area (Å²) in [4.78, 5) is 0. The zero-order valence-corrected chi connectivity index (χ0v) is 12.8. The minimum atomic E-state index is -0.120. The molecule has 0 unspecified atom stereocenters. The molecule has 4 nitrogen and oxygen atoms in total. The van der Waals surface area contributed by atoms with E-state index >= 15 is 0 Å². The van der Waals surface area contributed by atoms with E-state index in [2.05, 4.69) is 19.2 Å². The molecule has 20 heavy (non-hydrogen) atoms. The molecule has 112 valence electrons. The molecule has 5 heteroatoms. The standard InChI is InChI=1S/C15H22ClNO3/c1-15(2,4-5-18)17-10-11-8-12(16)14-13(9-11)19-6-3-7-20-14/h8-9,17-18H,3-7,10H2,1-2H3. The Morgan fingerprint density at radius 3 is 2.80 bits per heavy atom. The van der Waals surface area contributed by atoms with Gasteiger partial charge < -0.3 is 19.9 Å². The van der Waals surface area contributed by atoms with Gasteiger partial charge in [-0.15, -0.1) is 0 Å². The number of halogens is 1. The van der Waals surface area contributed by atoms with E-state index in [1.165, 1.54) is 0 Å². The zero-order chi connectivity index (χ0) is 14.6. The Hall–Kier alpha value is -0.970. The molecule has 0 amide bonds. The Morgan fingerprint density at radius 2 is 2.05 bits per heavy atom. The highest BCUT2D eigenvalue weighted by molar-refractivity contribution is 6.32. The van der Waals surface area contributed by atoms with Crippen molar-refractivity contribution in [3.63, 3.8) is 0 Å². The first-order valence-electron chi connectivity index (χ1n) is 6.96. The predicted octanol–water partition coefficient (Wildman–Crippen LogP) is 2.75. The molecule has 0 atom stereocenters. The third kappa shape index (κ3) is 4.01. The number of fused-ring (bicyclic) bond motifs is 1. The van der Waals surface area contributed by atoms with E-state index in [9.17, 15) is 0 Å². The van der Waals surface area contributed by atoms with E-state index < -0.39 is 0 Å². The highest BCUT2D eigenvalue weighted by Crippen LogP contribution is 2.38. The molecule has 0 aliphatic carbocycles. The van der Waals surface area contributed by atoms with E-state index in [1.54, 1.807) is 0 Å². The quantitative estimate of drug-likeness (QED) is 0.878. The summed E-state index contributed by atoms with van der Waals surface area (Å²) in [6, 6.07) is 3.87. The molecular formula is C15H22ClNO3. The zero-order valence-electron chi connectivity index (χ0n) is 12.0. The van der Waals surface area contributed by atoms with Crippen LogP contribution in [-0.2, 0) is 6.54 Å². The van der Waals surface area contributed by atoms with Gasteiger partial charge in [-0.3, -0.25) is 0 Å². The van der Waals surface area contributed by atoms with Crippen LogP contribution in [0.1, 0.15) is 32.3 Å². The van der Waals surface area contributed by atoms with Crippen LogP contribution in [0.3, 0.4) is 0 Å². The summed E-state index contributed by atoms with van der Waals surface area (Å²) in [5.74, 6) is 1.36. The maximum absolute atomic E-state index is 9.03. The Kier molecular flexibility index (Phi) is 5.13. The molecule has 1 aromatic carbocycles. The van der Waals surface area contributed by atoms with Crippen molar-refractivity contribution in [3.8, 4) is 11.5 Å². The highest BCUT2D eigenvalue weighted by atomic mass is 35.5. The fourth-order valence-electron chi connectivity index (χ4n) is 2.10. The number of aliphatic hydroxyl groups is 1. The van der Waals surface area contributed by atoms with E-state index in [-0.39, 0.29) is 12.1 Å². The van der Waals surface area contributed by atoms with E-state index in [4.69, 9.17) is 26.2 Å². The van der Waals surface area contributed by atoms with Gasteiger partial charge in [0.25, 0.3) is 0 Å². The molecule has 1 aliphatic rings. The topological polar surface area (TPSA) is 50.7 Å². The molecule has 0 saturated heterocycles. The van der Waals surface area contributed by atoms with Gasteiger partial charge in [-0.2, -0.15) is 0 Å². The van der Waals surface area contributed by atoms with E-state index in [1.807, 2.05) is 12.1 Å². The van der Waals surface area contributed by atoms with Crippen molar-refractivity contribution in [3.05, 3.63) is 22.7 Å². The number of aliphatic hydroxyl groups excluding tert-OH is 1. The first-order chi connectivity index (χ1) is 9.52. The van der Waals surface area contributed by atoms with Crippen molar-refractivity contribution in [1.82, 2.24) is 5.32 Å². The fraction of sp³-hybridized carbons (Fsp3) is 0.600. The van der Waals surface area contributed by atoms with Gasteiger partial charge in [-0.25, -0.2) is 0 Å². The minimum Gasteiger partial charge on any atom is -0.489 e. The smallest absolute Gasteiger partial charge is 0.179 e. The first-order valence-corrected chi connectivity index (χ1v) is 7.33. The van der Waals surface area contributed by atoms with Crippen molar-refractivity contribution in [2.24, 2.45) is 0 Å². The first kappa shape index (κ1) is 15.4. The number of hydrogen-bond acceptors (Lipinski definition) is 4. The van der Waals surface area contributed by atoms with Crippen molar-refractivity contribution >= 4 is 11.6 Å². The van der Waals surface area contributed by atoms with Crippen LogP contribution >= 0.6 is 11.6 Å². The summed E-state index contributed by atoms with van der Waals surface area (Å²) in [6.45, 7) is 6.25. The van der Waals surface area contributed by atoms with Crippen LogP contribution in [0.25, 0.3) is 0 Å². The van der Waals surface area contributed by atoms with Crippen LogP contribution in [0.2, 0.25) is 5.02 Å². The third-order valence-corrected chi connectivity index (χ3v) is 3.65. The molecule has 2 N–H and O–H groups in total. The second kappa shape index (κ2) is 6.66. The highest BCUT2D eigenvalue weighted by Gasteiger charge is 2.18. The van der Waals surface area contributed by atoms with Crippen molar-refractivity contribution in [2.45, 2.75) is 38.8 Å². The minimum absolute atomic E-state index is 0.120.